The summed E-state index contributed by atoms with van der Waals surface area (Å²) in [6.07, 6.45) is 1.46. The Bertz CT molecular complexity index is 451. The van der Waals surface area contributed by atoms with Gasteiger partial charge in [0, 0.05) is 31.1 Å². The third kappa shape index (κ3) is 3.51. The third-order valence-corrected chi connectivity index (χ3v) is 4.29. The van der Waals surface area contributed by atoms with Crippen molar-refractivity contribution >= 4 is 28.9 Å². The van der Waals surface area contributed by atoms with Crippen LogP contribution in [-0.2, 0) is 0 Å². The maximum Gasteiger partial charge on any atom is 0.251 e. The summed E-state index contributed by atoms with van der Waals surface area (Å²) in [4.78, 5) is 2.03. The summed E-state index contributed by atoms with van der Waals surface area (Å²) in [5.74, 6) is -2.55. The number of benzene rings is 1. The molecule has 2 rings (SSSR count). The number of nitrogens with zero attached hydrogens (tertiary/aromatic N) is 1. The van der Waals surface area contributed by atoms with Gasteiger partial charge in [-0.05, 0) is 24.6 Å². The Balaban J connectivity index is 2.23. The molecule has 1 aliphatic rings. The second kappa shape index (κ2) is 5.84. The highest BCUT2D eigenvalue weighted by Gasteiger charge is 2.39. The van der Waals surface area contributed by atoms with Crippen LogP contribution in [0.25, 0.3) is 0 Å². The van der Waals surface area contributed by atoms with Gasteiger partial charge in [-0.1, -0.05) is 36.5 Å². The van der Waals surface area contributed by atoms with Crippen molar-refractivity contribution in [3.05, 3.63) is 28.2 Å². The summed E-state index contributed by atoms with van der Waals surface area (Å²) in [5, 5.41) is 0.951. The molecule has 106 valence electrons. The lowest BCUT2D eigenvalue weighted by Gasteiger charge is -2.41. The Kier molecular flexibility index (Phi) is 4.57. The van der Waals surface area contributed by atoms with Crippen molar-refractivity contribution in [2.45, 2.75) is 44.6 Å². The van der Waals surface area contributed by atoms with E-state index in [0.29, 0.717) is 16.6 Å². The lowest BCUT2D eigenvalue weighted by Crippen LogP contribution is -2.47. The van der Waals surface area contributed by atoms with E-state index < -0.39 is 5.92 Å². The average molecular weight is 308 g/mol. The fourth-order valence-corrected chi connectivity index (χ4v) is 2.91. The molecule has 0 saturated carbocycles. The van der Waals surface area contributed by atoms with E-state index >= 15 is 0 Å². The molecule has 0 radical (unpaired) electrons. The molecule has 0 amide bonds. The highest BCUT2D eigenvalue weighted by molar-refractivity contribution is 6.42. The Morgan fingerprint density at radius 3 is 2.68 bits per heavy atom. The van der Waals surface area contributed by atoms with Gasteiger partial charge in [0.15, 0.2) is 0 Å². The van der Waals surface area contributed by atoms with E-state index in [4.69, 9.17) is 23.2 Å². The molecular formula is C14H17Cl2F2N. The standard InChI is InChI=1S/C14H17Cl2F2N/c1-2-3-11-9-14(17,18)6-7-19(11)10-4-5-12(15)13(16)8-10/h4-5,8,11H,2-3,6-7,9H2,1H3. The van der Waals surface area contributed by atoms with Gasteiger partial charge < -0.3 is 4.90 Å². The van der Waals surface area contributed by atoms with E-state index in [1.807, 2.05) is 17.9 Å². The van der Waals surface area contributed by atoms with Gasteiger partial charge in [0.1, 0.15) is 0 Å². The smallest absolute Gasteiger partial charge is 0.251 e. The maximum absolute atomic E-state index is 13.5. The highest BCUT2D eigenvalue weighted by atomic mass is 35.5. The molecule has 0 N–H and O–H groups in total. The predicted octanol–water partition coefficient (Wildman–Crippen LogP) is 5.40. The fourth-order valence-electron chi connectivity index (χ4n) is 2.62. The van der Waals surface area contributed by atoms with Crippen LogP contribution in [0.2, 0.25) is 10.0 Å². The van der Waals surface area contributed by atoms with Crippen LogP contribution in [0.15, 0.2) is 18.2 Å². The molecule has 0 aliphatic carbocycles. The summed E-state index contributed by atoms with van der Waals surface area (Å²) >= 11 is 11.9. The van der Waals surface area contributed by atoms with Crippen LogP contribution in [-0.4, -0.2) is 18.5 Å². The fraction of sp³-hybridized carbons (Fsp3) is 0.571. The van der Waals surface area contributed by atoms with Crippen LogP contribution in [0.3, 0.4) is 0 Å². The maximum atomic E-state index is 13.5. The molecule has 0 spiro atoms. The lowest BCUT2D eigenvalue weighted by atomic mass is 9.94. The molecule has 0 bridgehead atoms. The van der Waals surface area contributed by atoms with Crippen molar-refractivity contribution in [1.29, 1.82) is 0 Å². The summed E-state index contributed by atoms with van der Waals surface area (Å²) in [6.45, 7) is 2.37. The quantitative estimate of drug-likeness (QED) is 0.723. The van der Waals surface area contributed by atoms with Crippen LogP contribution < -0.4 is 4.90 Å². The van der Waals surface area contributed by atoms with Crippen molar-refractivity contribution in [3.8, 4) is 0 Å². The zero-order chi connectivity index (χ0) is 14.0. The first-order valence-corrected chi connectivity index (χ1v) is 7.28. The monoisotopic (exact) mass is 307 g/mol. The zero-order valence-corrected chi connectivity index (χ0v) is 12.3. The largest absolute Gasteiger partial charge is 0.368 e. The summed E-state index contributed by atoms with van der Waals surface area (Å²) < 4.78 is 27.1. The van der Waals surface area contributed by atoms with E-state index in [-0.39, 0.29) is 18.9 Å². The number of halogens is 4. The Morgan fingerprint density at radius 2 is 2.05 bits per heavy atom. The van der Waals surface area contributed by atoms with Gasteiger partial charge in [-0.2, -0.15) is 0 Å². The predicted molar refractivity (Wildman–Crippen MR) is 76.7 cm³/mol. The van der Waals surface area contributed by atoms with Crippen molar-refractivity contribution in [2.75, 3.05) is 11.4 Å². The molecule has 1 atom stereocenters. The topological polar surface area (TPSA) is 3.24 Å². The molecule has 1 aromatic carbocycles. The van der Waals surface area contributed by atoms with Crippen molar-refractivity contribution in [1.82, 2.24) is 0 Å². The van der Waals surface area contributed by atoms with Crippen LogP contribution in [0.1, 0.15) is 32.6 Å². The van der Waals surface area contributed by atoms with Gasteiger partial charge in [0.2, 0.25) is 0 Å². The minimum atomic E-state index is -2.55. The number of hydrogen-bond donors (Lipinski definition) is 0. The van der Waals surface area contributed by atoms with Crippen molar-refractivity contribution < 1.29 is 8.78 Å². The average Bonchev–Trinajstić information content (AvgIpc) is 2.33. The Hall–Kier alpha value is -0.540. The molecule has 1 fully saturated rings. The van der Waals surface area contributed by atoms with Gasteiger partial charge in [0.05, 0.1) is 10.0 Å². The van der Waals surface area contributed by atoms with Gasteiger partial charge in [0.25, 0.3) is 5.92 Å². The highest BCUT2D eigenvalue weighted by Crippen LogP contribution is 2.37. The molecule has 1 aromatic rings. The first-order valence-electron chi connectivity index (χ1n) is 6.52. The molecule has 19 heavy (non-hydrogen) atoms. The Morgan fingerprint density at radius 1 is 1.32 bits per heavy atom. The molecule has 0 aromatic heterocycles. The molecule has 1 unspecified atom stereocenters. The molecule has 1 nitrogen and oxygen atoms in total. The van der Waals surface area contributed by atoms with Gasteiger partial charge in [-0.25, -0.2) is 8.78 Å². The first kappa shape index (κ1) is 14.9. The van der Waals surface area contributed by atoms with Gasteiger partial charge in [-0.3, -0.25) is 0 Å². The minimum Gasteiger partial charge on any atom is -0.368 e. The number of anilines is 1. The zero-order valence-electron chi connectivity index (χ0n) is 10.8. The minimum absolute atomic E-state index is 0.0823. The van der Waals surface area contributed by atoms with Gasteiger partial charge >= 0.3 is 0 Å². The van der Waals surface area contributed by atoms with E-state index in [1.165, 1.54) is 0 Å². The number of piperidine rings is 1. The van der Waals surface area contributed by atoms with Crippen LogP contribution >= 0.6 is 23.2 Å². The first-order chi connectivity index (χ1) is 8.93. The molecule has 1 heterocycles. The SMILES string of the molecule is CCCC1CC(F)(F)CCN1c1ccc(Cl)c(Cl)c1. The normalized spacial score (nSPS) is 22.6. The summed E-state index contributed by atoms with van der Waals surface area (Å²) in [5.41, 5.74) is 0.878. The van der Waals surface area contributed by atoms with E-state index in [0.717, 1.165) is 18.5 Å². The third-order valence-electron chi connectivity index (χ3n) is 3.55. The van der Waals surface area contributed by atoms with Gasteiger partial charge in [-0.15, -0.1) is 0 Å². The number of hydrogen-bond acceptors (Lipinski definition) is 1. The summed E-state index contributed by atoms with van der Waals surface area (Å²) in [6, 6.07) is 5.19. The number of alkyl halides is 2. The van der Waals surface area contributed by atoms with E-state index in [9.17, 15) is 8.78 Å². The molecule has 1 aliphatic heterocycles. The number of rotatable bonds is 3. The molecular weight excluding hydrogens is 291 g/mol. The van der Waals surface area contributed by atoms with Crippen LogP contribution in [0.4, 0.5) is 14.5 Å². The second-order valence-corrected chi connectivity index (χ2v) is 5.86. The van der Waals surface area contributed by atoms with E-state index in [1.54, 1.807) is 12.1 Å². The second-order valence-electron chi connectivity index (χ2n) is 5.04. The van der Waals surface area contributed by atoms with Crippen molar-refractivity contribution in [3.63, 3.8) is 0 Å². The summed E-state index contributed by atoms with van der Waals surface area (Å²) in [7, 11) is 0. The Labute approximate surface area is 122 Å². The van der Waals surface area contributed by atoms with E-state index in [2.05, 4.69) is 0 Å². The van der Waals surface area contributed by atoms with Crippen LogP contribution in [0, 0.1) is 0 Å². The van der Waals surface area contributed by atoms with Crippen molar-refractivity contribution in [2.24, 2.45) is 0 Å². The molecule has 1 saturated heterocycles. The lowest BCUT2D eigenvalue weighted by molar-refractivity contribution is -0.0345. The molecule has 5 heteroatoms. The van der Waals surface area contributed by atoms with Crippen LogP contribution in [0.5, 0.6) is 0 Å².